The van der Waals surface area contributed by atoms with Gasteiger partial charge in [-0.15, -0.1) is 0 Å². The van der Waals surface area contributed by atoms with Gasteiger partial charge in [0.25, 0.3) is 0 Å². The van der Waals surface area contributed by atoms with Crippen LogP contribution >= 0.6 is 0 Å². The maximum atomic E-state index is 9.64. The van der Waals surface area contributed by atoms with Crippen LogP contribution < -0.4 is 56.5 Å². The van der Waals surface area contributed by atoms with Crippen molar-refractivity contribution in [2.75, 3.05) is 0 Å². The van der Waals surface area contributed by atoms with E-state index in [1.54, 1.807) is 19.1 Å². The summed E-state index contributed by atoms with van der Waals surface area (Å²) in [6, 6.07) is 0. The van der Waals surface area contributed by atoms with Crippen LogP contribution in [0.25, 0.3) is 0 Å². The Morgan fingerprint density at radius 1 is 1.25 bits per heavy atom. The molecule has 0 atom stereocenters. The van der Waals surface area contributed by atoms with E-state index in [2.05, 4.69) is 0 Å². The molecule has 0 fully saturated rings. The minimum atomic E-state index is -1.16. The number of carbonyl (C=O) groups is 1. The molecular weight excluding hydrogens is 223 g/mol. The third-order valence-corrected chi connectivity index (χ3v) is 0.536. The average Bonchev–Trinajstić information content (AvgIpc) is 1.66. The summed E-state index contributed by atoms with van der Waals surface area (Å²) in [5, 5.41) is 9.64. The Bertz CT molecular complexity index is 136. The summed E-state index contributed by atoms with van der Waals surface area (Å²) in [5.74, 6) is -1.16. The fraction of sp³-hybridized carbons (Fsp3) is 0.167. The molecule has 0 aliphatic rings. The molecule has 0 heterocycles. The topological polar surface area (TPSA) is 97.1 Å². The van der Waals surface area contributed by atoms with Crippen molar-refractivity contribution in [3.63, 3.8) is 0 Å². The van der Waals surface area contributed by atoms with E-state index in [0.29, 0.717) is 0 Å². The zero-order valence-corrected chi connectivity index (χ0v) is 11.6. The predicted molar refractivity (Wildman–Crippen MR) is 30.3 cm³/mol. The quantitative estimate of drug-likeness (QED) is 0.281. The van der Waals surface area contributed by atoms with Crippen LogP contribution in [0.4, 0.5) is 0 Å². The van der Waals surface area contributed by atoms with E-state index >= 15 is 0 Å². The first-order chi connectivity index (χ1) is 3.77. The van der Waals surface area contributed by atoms with Crippen molar-refractivity contribution >= 4 is 5.97 Å². The number of carboxylic acid groups (broad SMARTS) is 1. The second-order valence-electron chi connectivity index (χ2n) is 1.20. The molecule has 0 aromatic rings. The molecular formula is C6H7KO4Ti. The largest absolute Gasteiger partial charge is 4.00 e. The standard InChI is InChI=1S/C6H8O2.K.2O.Ti/c1-2-3-4-5-6(7)8;;;;/h2-5H,1H3,(H,7,8);;;;/q;+1;2*-2;+4/p-1/b3-2+,5-4+;;;;. The van der Waals surface area contributed by atoms with Gasteiger partial charge in [-0.05, 0) is 13.0 Å². The molecule has 0 aromatic carbocycles. The van der Waals surface area contributed by atoms with Gasteiger partial charge in [0.05, 0.1) is 5.97 Å². The summed E-state index contributed by atoms with van der Waals surface area (Å²) >= 11 is 0. The molecule has 4 nitrogen and oxygen atoms in total. The van der Waals surface area contributed by atoms with Crippen LogP contribution in [-0.4, -0.2) is 5.97 Å². The van der Waals surface area contributed by atoms with Gasteiger partial charge in [-0.25, -0.2) is 0 Å². The second kappa shape index (κ2) is 22.8. The Labute approximate surface area is 129 Å². The molecule has 0 spiro atoms. The van der Waals surface area contributed by atoms with Crippen LogP contribution in [0.2, 0.25) is 0 Å². The third kappa shape index (κ3) is 30.3. The number of rotatable bonds is 2. The van der Waals surface area contributed by atoms with Gasteiger partial charge in [-0.1, -0.05) is 18.2 Å². The third-order valence-electron chi connectivity index (χ3n) is 0.536. The summed E-state index contributed by atoms with van der Waals surface area (Å²) in [7, 11) is 0. The number of hydrogen-bond donors (Lipinski definition) is 0. The number of carboxylic acids is 1. The van der Waals surface area contributed by atoms with E-state index in [9.17, 15) is 9.90 Å². The summed E-state index contributed by atoms with van der Waals surface area (Å²) in [6.45, 7) is 1.81. The summed E-state index contributed by atoms with van der Waals surface area (Å²) in [5.41, 5.74) is 0. The van der Waals surface area contributed by atoms with Crippen LogP contribution in [0.15, 0.2) is 24.3 Å². The van der Waals surface area contributed by atoms with Gasteiger partial charge in [-0.2, -0.15) is 0 Å². The van der Waals surface area contributed by atoms with Crippen molar-refractivity contribution in [3.8, 4) is 0 Å². The van der Waals surface area contributed by atoms with E-state index < -0.39 is 5.97 Å². The summed E-state index contributed by atoms with van der Waals surface area (Å²) < 4.78 is 0. The fourth-order valence-corrected chi connectivity index (χ4v) is 0.245. The summed E-state index contributed by atoms with van der Waals surface area (Å²) in [6.07, 6.45) is 5.74. The molecule has 0 bridgehead atoms. The minimum absolute atomic E-state index is 0. The first-order valence-corrected chi connectivity index (χ1v) is 2.27. The summed E-state index contributed by atoms with van der Waals surface area (Å²) in [4.78, 5) is 9.64. The second-order valence-corrected chi connectivity index (χ2v) is 1.20. The number of carbonyl (C=O) groups excluding carboxylic acids is 1. The molecule has 0 N–H and O–H groups in total. The SMILES string of the molecule is C/C=C/C=C/C(=O)[O-].[K+].[O-2].[O-2].[Ti+4]. The molecule has 0 radical (unpaired) electrons. The molecule has 0 rings (SSSR count). The van der Waals surface area contributed by atoms with Crippen molar-refractivity contribution < 1.29 is 94.0 Å². The predicted octanol–water partition coefficient (Wildman–Crippen LogP) is -3.37. The minimum Gasteiger partial charge on any atom is -2.00 e. The average molecular weight is 230 g/mol. The monoisotopic (exact) mass is 230 g/mol. The molecule has 0 amide bonds. The van der Waals surface area contributed by atoms with Crippen molar-refractivity contribution in [2.24, 2.45) is 0 Å². The molecule has 0 saturated carbocycles. The van der Waals surface area contributed by atoms with Crippen LogP contribution in [0.3, 0.4) is 0 Å². The van der Waals surface area contributed by atoms with Gasteiger partial charge in [0.1, 0.15) is 0 Å². The van der Waals surface area contributed by atoms with E-state index in [0.717, 1.165) is 6.08 Å². The van der Waals surface area contributed by atoms with Crippen LogP contribution in [-0.2, 0) is 37.5 Å². The van der Waals surface area contributed by atoms with Gasteiger partial charge in [0.15, 0.2) is 0 Å². The number of hydrogen-bond acceptors (Lipinski definition) is 2. The van der Waals surface area contributed by atoms with E-state index in [1.807, 2.05) is 0 Å². The first kappa shape index (κ1) is 29.2. The van der Waals surface area contributed by atoms with Crippen molar-refractivity contribution in [1.29, 1.82) is 0 Å². The maximum Gasteiger partial charge on any atom is 4.00 e. The fourth-order valence-electron chi connectivity index (χ4n) is 0.245. The Kier molecular flexibility index (Phi) is 55.4. The Morgan fingerprint density at radius 3 is 1.92 bits per heavy atom. The van der Waals surface area contributed by atoms with Crippen LogP contribution in [0.1, 0.15) is 6.92 Å². The van der Waals surface area contributed by atoms with Crippen molar-refractivity contribution in [2.45, 2.75) is 6.92 Å². The molecule has 0 aliphatic carbocycles. The Morgan fingerprint density at radius 2 is 1.67 bits per heavy atom. The van der Waals surface area contributed by atoms with Gasteiger partial charge < -0.3 is 20.9 Å². The molecule has 0 aliphatic heterocycles. The molecule has 60 valence electrons. The zero-order valence-electron chi connectivity index (χ0n) is 6.94. The molecule has 6 heteroatoms. The zero-order chi connectivity index (χ0) is 6.41. The van der Waals surface area contributed by atoms with Crippen LogP contribution in [0, 0.1) is 0 Å². The molecule has 0 unspecified atom stereocenters. The number of aliphatic carboxylic acids is 1. The van der Waals surface area contributed by atoms with Crippen LogP contribution in [0.5, 0.6) is 0 Å². The smallest absolute Gasteiger partial charge is 2.00 e. The van der Waals surface area contributed by atoms with E-state index in [1.165, 1.54) is 6.08 Å². The normalized spacial score (nSPS) is 7.42. The maximum absolute atomic E-state index is 9.64. The number of allylic oxidation sites excluding steroid dienone is 3. The van der Waals surface area contributed by atoms with Crippen molar-refractivity contribution in [3.05, 3.63) is 24.3 Å². The van der Waals surface area contributed by atoms with Gasteiger partial charge >= 0.3 is 73.1 Å². The molecule has 12 heavy (non-hydrogen) atoms. The molecule has 0 saturated heterocycles. The van der Waals surface area contributed by atoms with E-state index in [-0.39, 0.29) is 84.1 Å². The first-order valence-electron chi connectivity index (χ1n) is 2.27. The van der Waals surface area contributed by atoms with Crippen molar-refractivity contribution in [1.82, 2.24) is 0 Å². The molecule has 0 aromatic heterocycles. The van der Waals surface area contributed by atoms with Gasteiger partial charge in [0.2, 0.25) is 0 Å². The van der Waals surface area contributed by atoms with Gasteiger partial charge in [0, 0.05) is 0 Å². The Balaban J connectivity index is -0.0000000408. The van der Waals surface area contributed by atoms with E-state index in [4.69, 9.17) is 0 Å². The van der Waals surface area contributed by atoms with Gasteiger partial charge in [-0.3, -0.25) is 0 Å². The Hall–Kier alpha value is 1.22.